The molecule has 0 amide bonds. The van der Waals surface area contributed by atoms with Gasteiger partial charge in [0.1, 0.15) is 6.33 Å². The molecule has 0 unspecified atom stereocenters. The van der Waals surface area contributed by atoms with Gasteiger partial charge in [0.2, 0.25) is 0 Å². The van der Waals surface area contributed by atoms with Gasteiger partial charge in [-0.05, 0) is 200 Å². The van der Waals surface area contributed by atoms with Crippen LogP contribution in [0.25, 0.3) is 65.7 Å². The summed E-state index contributed by atoms with van der Waals surface area (Å²) >= 11 is 0. The van der Waals surface area contributed by atoms with E-state index in [0.29, 0.717) is 82.9 Å². The number of nitrogens with zero attached hydrogens (tertiary/aromatic N) is 11. The van der Waals surface area contributed by atoms with E-state index in [9.17, 15) is 0 Å². The number of aromatic nitrogens is 11. The number of rotatable bonds is 14. The van der Waals surface area contributed by atoms with Gasteiger partial charge in [0.25, 0.3) is 0 Å². The minimum Gasteiger partial charge on any atom is -0.264 e. The molecule has 0 N–H and O–H groups in total. The SMILES string of the molecule is CC(C)c1cc2ccccc2nc1C(C)C.CC(C)c1cc2ccccc2nc1C(C)C.CC(C)c1cc2ccncc2nc1C(C)C.CC(C)c1cc2cnccc2nc1C(C)C.CC(C)c1cc2cncnc2nc1C(C)C.CC(C)c1cc2ncccc2nc1C(C)C.CC(C)c1ccccc1C(C)C. The van der Waals surface area contributed by atoms with Crippen molar-refractivity contribution in [3.05, 3.63) is 256 Å². The van der Waals surface area contributed by atoms with Gasteiger partial charge in [0, 0.05) is 92.1 Å². The van der Waals surface area contributed by atoms with Crippen LogP contribution in [-0.4, -0.2) is 54.8 Å². The molecule has 13 aromatic rings. The van der Waals surface area contributed by atoms with Crippen LogP contribution in [0.5, 0.6) is 0 Å². The second-order valence-corrected chi connectivity index (χ2v) is 33.1. The van der Waals surface area contributed by atoms with E-state index < -0.39 is 0 Å². The van der Waals surface area contributed by atoms with Gasteiger partial charge in [-0.3, -0.25) is 39.9 Å². The Balaban J connectivity index is 0.000000176. The molecule has 13 rings (SSSR count). The number of benzene rings is 3. The van der Waals surface area contributed by atoms with Gasteiger partial charge in [-0.25, -0.2) is 15.0 Å². The highest BCUT2D eigenvalue weighted by atomic mass is 14.9. The zero-order valence-corrected chi connectivity index (χ0v) is 70.7. The predicted octanol–water partition coefficient (Wildman–Crippen LogP) is 27.8. The highest BCUT2D eigenvalue weighted by Gasteiger charge is 2.20. The van der Waals surface area contributed by atoms with E-state index >= 15 is 0 Å². The Morgan fingerprint density at radius 3 is 0.917 bits per heavy atom. The Kier molecular flexibility index (Phi) is 32.0. The van der Waals surface area contributed by atoms with Crippen LogP contribution in [-0.2, 0) is 0 Å². The monoisotopic (exact) mass is 1450 g/mol. The molecule has 0 bridgehead atoms. The Bertz CT molecular complexity index is 3950. The smallest absolute Gasteiger partial charge is 0.162 e. The van der Waals surface area contributed by atoms with E-state index in [1.807, 2.05) is 55.2 Å². The summed E-state index contributed by atoms with van der Waals surface area (Å²) in [6.07, 6.45) is 12.5. The number of fused-ring (bicyclic) bond motifs is 6. The molecule has 108 heavy (non-hydrogen) atoms. The first-order valence-corrected chi connectivity index (χ1v) is 39.9. The molecule has 0 aliphatic heterocycles. The molecular formula is C97H127N11. The lowest BCUT2D eigenvalue weighted by Crippen LogP contribution is -2.03. The molecule has 11 nitrogen and oxygen atoms in total. The van der Waals surface area contributed by atoms with E-state index in [-0.39, 0.29) is 0 Å². The molecule has 0 aliphatic rings. The summed E-state index contributed by atoms with van der Waals surface area (Å²) in [4.78, 5) is 49.3. The van der Waals surface area contributed by atoms with Crippen molar-refractivity contribution in [3.63, 3.8) is 0 Å². The third-order valence-corrected chi connectivity index (χ3v) is 19.4. The topological polar surface area (TPSA) is 142 Å². The van der Waals surface area contributed by atoms with Crippen LogP contribution in [0.2, 0.25) is 0 Å². The lowest BCUT2D eigenvalue weighted by molar-refractivity contribution is 0.762. The van der Waals surface area contributed by atoms with Crippen LogP contribution in [0.15, 0.2) is 177 Å². The van der Waals surface area contributed by atoms with Crippen molar-refractivity contribution >= 4 is 65.7 Å². The highest BCUT2D eigenvalue weighted by Crippen LogP contribution is 2.34. The van der Waals surface area contributed by atoms with Crippen molar-refractivity contribution in [1.82, 2.24) is 54.8 Å². The molecule has 0 saturated heterocycles. The van der Waals surface area contributed by atoms with Crippen LogP contribution < -0.4 is 0 Å². The first-order valence-electron chi connectivity index (χ1n) is 39.9. The number of pyridine rings is 9. The van der Waals surface area contributed by atoms with Gasteiger partial charge in [0.05, 0.1) is 39.3 Å². The van der Waals surface area contributed by atoms with Crippen LogP contribution in [0, 0.1) is 0 Å². The van der Waals surface area contributed by atoms with E-state index in [1.54, 1.807) is 12.5 Å². The average Bonchev–Trinajstić information content (AvgIpc) is 0.874. The van der Waals surface area contributed by atoms with Crippen LogP contribution in [0.3, 0.4) is 0 Å². The third-order valence-electron chi connectivity index (χ3n) is 19.4. The summed E-state index contributed by atoms with van der Waals surface area (Å²) < 4.78 is 0. The van der Waals surface area contributed by atoms with Crippen molar-refractivity contribution in [3.8, 4) is 0 Å². The van der Waals surface area contributed by atoms with Gasteiger partial charge in [0.15, 0.2) is 5.65 Å². The maximum atomic E-state index is 4.80. The fraction of sp³-hybridized carbons (Fsp3) is 0.433. The summed E-state index contributed by atoms with van der Waals surface area (Å²) in [6.45, 7) is 61.9. The average molecular weight is 1450 g/mol. The van der Waals surface area contributed by atoms with Gasteiger partial charge in [-0.2, -0.15) is 0 Å². The Hall–Kier alpha value is -9.35. The number of hydrogen-bond acceptors (Lipinski definition) is 11. The molecule has 0 saturated carbocycles. The van der Waals surface area contributed by atoms with E-state index in [1.165, 1.54) is 89.1 Å². The zero-order valence-electron chi connectivity index (χ0n) is 70.7. The second-order valence-electron chi connectivity index (χ2n) is 33.1. The predicted molar refractivity (Wildman–Crippen MR) is 463 cm³/mol. The minimum atomic E-state index is 0.428. The van der Waals surface area contributed by atoms with Crippen LogP contribution >= 0.6 is 0 Å². The summed E-state index contributed by atoms with van der Waals surface area (Å²) in [6, 6.07) is 46.8. The van der Waals surface area contributed by atoms with Crippen molar-refractivity contribution in [2.45, 2.75) is 277 Å². The van der Waals surface area contributed by atoms with Gasteiger partial charge in [-0.1, -0.05) is 255 Å². The van der Waals surface area contributed by atoms with Crippen molar-refractivity contribution < 1.29 is 0 Å². The van der Waals surface area contributed by atoms with E-state index in [0.717, 1.165) is 55.2 Å². The first kappa shape index (κ1) is 85.9. The third kappa shape index (κ3) is 23.1. The molecule has 0 fully saturated rings. The van der Waals surface area contributed by atoms with Gasteiger partial charge >= 0.3 is 0 Å². The van der Waals surface area contributed by atoms with Gasteiger partial charge < -0.3 is 0 Å². The lowest BCUT2D eigenvalue weighted by Gasteiger charge is -2.15. The van der Waals surface area contributed by atoms with Crippen molar-refractivity contribution in [2.24, 2.45) is 0 Å². The Morgan fingerprint density at radius 2 is 0.500 bits per heavy atom. The Morgan fingerprint density at radius 1 is 0.194 bits per heavy atom. The normalized spacial score (nSPS) is 11.6. The molecule has 570 valence electrons. The maximum absolute atomic E-state index is 4.80. The lowest BCUT2D eigenvalue weighted by atomic mass is 9.91. The summed E-state index contributed by atoms with van der Waals surface area (Å²) in [5, 5.41) is 5.83. The second kappa shape index (κ2) is 40.2. The highest BCUT2D eigenvalue weighted by molar-refractivity contribution is 5.82. The summed E-state index contributed by atoms with van der Waals surface area (Å²) in [5.74, 6) is 7.15. The fourth-order valence-corrected chi connectivity index (χ4v) is 13.5. The molecule has 11 heteroatoms. The molecular weight excluding hydrogens is 1320 g/mol. The molecule has 0 radical (unpaired) electrons. The quantitative estimate of drug-likeness (QED) is 0.103. The van der Waals surface area contributed by atoms with Crippen molar-refractivity contribution in [1.29, 1.82) is 0 Å². The zero-order chi connectivity index (χ0) is 79.4. The molecule has 3 aromatic carbocycles. The number of hydrogen-bond donors (Lipinski definition) is 0. The maximum Gasteiger partial charge on any atom is 0.162 e. The Labute approximate surface area is 649 Å². The van der Waals surface area contributed by atoms with Gasteiger partial charge in [-0.15, -0.1) is 0 Å². The fourth-order valence-electron chi connectivity index (χ4n) is 13.5. The summed E-state index contributed by atoms with van der Waals surface area (Å²) in [5.41, 5.74) is 25.4. The molecule has 0 spiro atoms. The van der Waals surface area contributed by atoms with Crippen LogP contribution in [0.4, 0.5) is 0 Å². The molecule has 10 heterocycles. The first-order chi connectivity index (χ1) is 51.2. The van der Waals surface area contributed by atoms with E-state index in [2.05, 4.69) is 333 Å². The minimum absolute atomic E-state index is 0.428. The van der Waals surface area contributed by atoms with E-state index in [4.69, 9.17) is 24.9 Å². The molecule has 10 aromatic heterocycles. The number of para-hydroxylation sites is 2. The van der Waals surface area contributed by atoms with Crippen LogP contribution in [0.1, 0.15) is 355 Å². The van der Waals surface area contributed by atoms with Crippen molar-refractivity contribution in [2.75, 3.05) is 0 Å². The largest absolute Gasteiger partial charge is 0.264 e. The molecule has 0 aliphatic carbocycles. The standard InChI is InChI=1S/2C15H19N.3C14H18N2.C13H17N3.C12H18/c2*1-10(2)13-9-12-7-5-6-8-14(12)16-15(13)11(3)4;1-9(2)12-7-11-8-15-6-5-13(11)16-14(12)10(3)4;1-9(2)12-7-11-5-6-15-8-13(11)16-14(12)10(3)4;1-9(2)11-8-13-12(6-5-7-15-13)16-14(11)10(3)4;1-8(2)11-5-10-6-14-7-15-13(10)16-12(11)9(3)4;1-9(2)11-7-5-6-8-12(11)10(3)4/h2*5-11H,1-4H3;3*5-10H,1-4H3;5-9H,1-4H3;5-10H,1-4H3. The molecule has 0 atom stereocenters. The summed E-state index contributed by atoms with van der Waals surface area (Å²) in [7, 11) is 0.